The van der Waals surface area contributed by atoms with Gasteiger partial charge in [0, 0.05) is 13.1 Å². The van der Waals surface area contributed by atoms with Crippen LogP contribution in [0.4, 0.5) is 4.79 Å². The number of ether oxygens (including phenoxy) is 2. The Morgan fingerprint density at radius 1 is 1.13 bits per heavy atom. The third kappa shape index (κ3) is 5.29. The van der Waals surface area contributed by atoms with Gasteiger partial charge in [0.1, 0.15) is 6.54 Å². The molecule has 0 N–H and O–H groups in total. The van der Waals surface area contributed by atoms with E-state index in [0.717, 1.165) is 45.1 Å². The van der Waals surface area contributed by atoms with E-state index in [9.17, 15) is 14.4 Å². The molecule has 9 heteroatoms. The van der Waals surface area contributed by atoms with Gasteiger partial charge in [0.25, 0.3) is 11.1 Å². The summed E-state index contributed by atoms with van der Waals surface area (Å²) in [4.78, 5) is 40.7. The minimum Gasteiger partial charge on any atom is -0.490 e. The number of carbonyl (C=O) groups excluding carboxylic acids is 3. The Hall–Kier alpha value is -1.75. The van der Waals surface area contributed by atoms with Gasteiger partial charge < -0.3 is 14.4 Å². The molecule has 2 heterocycles. The Kier molecular flexibility index (Phi) is 8.04. The maximum atomic E-state index is 12.8. The smallest absolute Gasteiger partial charge is 0.294 e. The monoisotopic (exact) mass is 544 g/mol. The molecular formula is C21H25IN2O5S. The van der Waals surface area contributed by atoms with Crippen LogP contribution in [0.1, 0.15) is 38.7 Å². The Bertz CT molecular complexity index is 867. The van der Waals surface area contributed by atoms with Crippen molar-refractivity contribution in [2.24, 2.45) is 0 Å². The van der Waals surface area contributed by atoms with Crippen LogP contribution in [0, 0.1) is 3.57 Å². The fourth-order valence-corrected chi connectivity index (χ4v) is 5.00. The van der Waals surface area contributed by atoms with Gasteiger partial charge in [-0.15, -0.1) is 0 Å². The van der Waals surface area contributed by atoms with Crippen molar-refractivity contribution < 1.29 is 23.9 Å². The summed E-state index contributed by atoms with van der Waals surface area (Å²) in [6.45, 7) is 5.97. The number of carbonyl (C=O) groups is 3. The normalized spacial score (nSPS) is 18.3. The maximum Gasteiger partial charge on any atom is 0.294 e. The molecule has 1 aromatic rings. The summed E-state index contributed by atoms with van der Waals surface area (Å²) < 4.78 is 12.2. The zero-order valence-corrected chi connectivity index (χ0v) is 20.1. The van der Waals surface area contributed by atoms with Crippen LogP contribution in [0.2, 0.25) is 0 Å². The molecule has 0 saturated carbocycles. The topological polar surface area (TPSA) is 76.2 Å². The van der Waals surface area contributed by atoms with Crippen LogP contribution >= 0.6 is 34.4 Å². The molecule has 30 heavy (non-hydrogen) atoms. The first-order chi connectivity index (χ1) is 14.4. The number of piperidine rings is 1. The molecule has 2 saturated heterocycles. The highest BCUT2D eigenvalue weighted by Crippen LogP contribution is 2.37. The summed E-state index contributed by atoms with van der Waals surface area (Å²) >= 11 is 3.02. The Morgan fingerprint density at radius 2 is 1.83 bits per heavy atom. The van der Waals surface area contributed by atoms with Crippen LogP contribution in [-0.2, 0) is 9.59 Å². The molecule has 0 aliphatic carbocycles. The molecule has 0 spiro atoms. The van der Waals surface area contributed by atoms with Gasteiger partial charge in [-0.25, -0.2) is 0 Å². The van der Waals surface area contributed by atoms with Gasteiger partial charge in [-0.3, -0.25) is 19.3 Å². The fraction of sp³-hybridized carbons (Fsp3) is 0.476. The number of nitrogens with zero attached hydrogens (tertiary/aromatic N) is 2. The SMILES string of the molecule is CCOc1cc(/C=C2/SC(=O)N(CC(=O)N3CCCCC3)C2=O)cc(I)c1OCC. The maximum absolute atomic E-state index is 12.8. The van der Waals surface area contributed by atoms with Crippen molar-refractivity contribution in [1.82, 2.24) is 9.80 Å². The van der Waals surface area contributed by atoms with Crippen LogP contribution < -0.4 is 9.47 Å². The number of benzene rings is 1. The molecule has 2 aliphatic rings. The Labute approximate surface area is 194 Å². The largest absolute Gasteiger partial charge is 0.490 e. The number of hydrogen-bond acceptors (Lipinski definition) is 6. The van der Waals surface area contributed by atoms with E-state index < -0.39 is 11.1 Å². The van der Waals surface area contributed by atoms with Crippen molar-refractivity contribution in [2.75, 3.05) is 32.8 Å². The highest BCUT2D eigenvalue weighted by molar-refractivity contribution is 14.1. The van der Waals surface area contributed by atoms with E-state index in [2.05, 4.69) is 22.6 Å². The summed E-state index contributed by atoms with van der Waals surface area (Å²) in [7, 11) is 0. The van der Waals surface area contributed by atoms with Crippen LogP contribution in [-0.4, -0.2) is 59.7 Å². The molecule has 0 unspecified atom stereocenters. The summed E-state index contributed by atoms with van der Waals surface area (Å²) in [5.41, 5.74) is 0.735. The molecule has 2 aliphatic heterocycles. The zero-order chi connectivity index (χ0) is 21.7. The van der Waals surface area contributed by atoms with Gasteiger partial charge in [0.15, 0.2) is 11.5 Å². The number of halogens is 1. The van der Waals surface area contributed by atoms with E-state index in [1.54, 1.807) is 17.0 Å². The van der Waals surface area contributed by atoms with Crippen molar-refractivity contribution >= 4 is 57.5 Å². The molecule has 0 atom stereocenters. The Morgan fingerprint density at radius 3 is 2.50 bits per heavy atom. The molecule has 0 bridgehead atoms. The summed E-state index contributed by atoms with van der Waals surface area (Å²) in [5.74, 6) is 0.652. The first-order valence-corrected chi connectivity index (χ1v) is 12.0. The second kappa shape index (κ2) is 10.5. The summed E-state index contributed by atoms with van der Waals surface area (Å²) in [6, 6.07) is 3.67. The third-order valence-corrected chi connectivity index (χ3v) is 6.50. The molecule has 162 valence electrons. The van der Waals surface area contributed by atoms with Crippen LogP contribution in [0.3, 0.4) is 0 Å². The fourth-order valence-electron chi connectivity index (χ4n) is 3.38. The standard InChI is InChI=1S/C21H25IN2O5S/c1-3-28-16-11-14(10-15(22)19(16)29-4-2)12-17-20(26)24(21(27)30-17)13-18(25)23-8-6-5-7-9-23/h10-12H,3-9,13H2,1-2H3/b17-12+. The van der Waals surface area contributed by atoms with Crippen molar-refractivity contribution in [1.29, 1.82) is 0 Å². The highest BCUT2D eigenvalue weighted by atomic mass is 127. The highest BCUT2D eigenvalue weighted by Gasteiger charge is 2.37. The molecule has 0 aromatic heterocycles. The van der Waals surface area contributed by atoms with Crippen molar-refractivity contribution in [3.8, 4) is 11.5 Å². The Balaban J connectivity index is 1.78. The van der Waals surface area contributed by atoms with E-state index in [1.807, 2.05) is 19.9 Å². The lowest BCUT2D eigenvalue weighted by molar-refractivity contribution is -0.136. The number of imide groups is 1. The molecular weight excluding hydrogens is 519 g/mol. The zero-order valence-electron chi connectivity index (χ0n) is 17.1. The van der Waals surface area contributed by atoms with Gasteiger partial charge in [-0.05, 0) is 91.2 Å². The van der Waals surface area contributed by atoms with Gasteiger partial charge in [0.05, 0.1) is 21.7 Å². The number of likely N-dealkylation sites (tertiary alicyclic amines) is 1. The first-order valence-electron chi connectivity index (χ1n) is 10.1. The van der Waals surface area contributed by atoms with Crippen molar-refractivity contribution in [3.05, 3.63) is 26.2 Å². The van der Waals surface area contributed by atoms with Crippen molar-refractivity contribution in [2.45, 2.75) is 33.1 Å². The first kappa shape index (κ1) is 22.9. The predicted octanol–water partition coefficient (Wildman–Crippen LogP) is 4.14. The van der Waals surface area contributed by atoms with E-state index in [1.165, 1.54) is 0 Å². The second-order valence-corrected chi connectivity index (χ2v) is 9.06. The van der Waals surface area contributed by atoms with E-state index in [-0.39, 0.29) is 12.5 Å². The lowest BCUT2D eigenvalue weighted by atomic mass is 10.1. The van der Waals surface area contributed by atoms with Crippen LogP contribution in [0.25, 0.3) is 6.08 Å². The predicted molar refractivity (Wildman–Crippen MR) is 125 cm³/mol. The average Bonchev–Trinajstić information content (AvgIpc) is 2.98. The number of amides is 3. The van der Waals surface area contributed by atoms with Gasteiger partial charge in [-0.2, -0.15) is 0 Å². The molecule has 0 radical (unpaired) electrons. The average molecular weight is 544 g/mol. The van der Waals surface area contributed by atoms with Gasteiger partial charge >= 0.3 is 0 Å². The van der Waals surface area contributed by atoms with Gasteiger partial charge in [-0.1, -0.05) is 0 Å². The molecule has 2 fully saturated rings. The van der Waals surface area contributed by atoms with E-state index in [0.29, 0.717) is 42.7 Å². The molecule has 7 nitrogen and oxygen atoms in total. The molecule has 1 aromatic carbocycles. The minimum absolute atomic E-state index is 0.174. The van der Waals surface area contributed by atoms with E-state index in [4.69, 9.17) is 9.47 Å². The summed E-state index contributed by atoms with van der Waals surface area (Å²) in [5, 5.41) is -0.415. The quantitative estimate of drug-likeness (QED) is 0.380. The number of rotatable bonds is 7. The molecule has 3 rings (SSSR count). The van der Waals surface area contributed by atoms with Gasteiger partial charge in [0.2, 0.25) is 5.91 Å². The number of thioether (sulfide) groups is 1. The lowest BCUT2D eigenvalue weighted by Crippen LogP contribution is -2.44. The minimum atomic E-state index is -0.433. The lowest BCUT2D eigenvalue weighted by Gasteiger charge is -2.27. The second-order valence-electron chi connectivity index (χ2n) is 6.91. The summed E-state index contributed by atoms with van der Waals surface area (Å²) in [6.07, 6.45) is 4.70. The van der Waals surface area contributed by atoms with E-state index >= 15 is 0 Å². The number of hydrogen-bond donors (Lipinski definition) is 0. The molecule has 3 amide bonds. The van der Waals surface area contributed by atoms with Crippen LogP contribution in [0.15, 0.2) is 17.0 Å². The van der Waals surface area contributed by atoms with Crippen molar-refractivity contribution in [3.63, 3.8) is 0 Å². The third-order valence-electron chi connectivity index (χ3n) is 4.79. The van der Waals surface area contributed by atoms with Crippen LogP contribution in [0.5, 0.6) is 11.5 Å².